The average molecular weight is 581 g/mol. The third kappa shape index (κ3) is 8.62. The molecule has 198 valence electrons. The van der Waals surface area contributed by atoms with E-state index in [0.717, 1.165) is 27.6 Å². The zero-order valence-electron chi connectivity index (χ0n) is 22.0. The van der Waals surface area contributed by atoms with Crippen molar-refractivity contribution in [2.45, 2.75) is 72.5 Å². The molecule has 0 radical (unpaired) electrons. The largest absolute Gasteiger partial charge is 0.352 e. The smallest absolute Gasteiger partial charge is 0.242 e. The van der Waals surface area contributed by atoms with Crippen LogP contribution in [0.5, 0.6) is 0 Å². The molecule has 0 aromatic heterocycles. The van der Waals surface area contributed by atoms with Gasteiger partial charge < -0.3 is 10.2 Å². The summed E-state index contributed by atoms with van der Waals surface area (Å²) in [6, 6.07) is 12.5. The van der Waals surface area contributed by atoms with Crippen molar-refractivity contribution in [1.29, 1.82) is 0 Å². The van der Waals surface area contributed by atoms with E-state index in [4.69, 9.17) is 0 Å². The molecule has 1 N–H and O–H groups in total. The molecule has 0 heterocycles. The van der Waals surface area contributed by atoms with Crippen molar-refractivity contribution < 1.29 is 18.0 Å². The first-order valence-corrected chi connectivity index (χ1v) is 14.9. The number of halogens is 1. The number of anilines is 1. The summed E-state index contributed by atoms with van der Waals surface area (Å²) in [4.78, 5) is 27.8. The molecule has 2 rings (SSSR count). The number of nitrogens with one attached hydrogen (secondary N) is 1. The summed E-state index contributed by atoms with van der Waals surface area (Å²) in [6.45, 7) is 10.0. The van der Waals surface area contributed by atoms with Gasteiger partial charge in [0, 0.05) is 30.0 Å². The van der Waals surface area contributed by atoms with Gasteiger partial charge in [0.05, 0.1) is 11.9 Å². The van der Waals surface area contributed by atoms with E-state index in [9.17, 15) is 18.0 Å². The molecule has 0 saturated carbocycles. The Kier molecular flexibility index (Phi) is 11.0. The van der Waals surface area contributed by atoms with Crippen LogP contribution in [0, 0.1) is 13.8 Å². The fourth-order valence-electron chi connectivity index (χ4n) is 3.72. The first-order valence-electron chi connectivity index (χ1n) is 12.2. The second-order valence-electron chi connectivity index (χ2n) is 9.35. The number of carbonyl (C=O) groups excluding carboxylic acids is 2. The van der Waals surface area contributed by atoms with Crippen LogP contribution in [0.25, 0.3) is 0 Å². The van der Waals surface area contributed by atoms with Gasteiger partial charge in [-0.15, -0.1) is 0 Å². The lowest BCUT2D eigenvalue weighted by atomic mass is 10.1. The number of rotatable bonds is 12. The molecule has 2 aromatic carbocycles. The lowest BCUT2D eigenvalue weighted by molar-refractivity contribution is -0.140. The van der Waals surface area contributed by atoms with E-state index < -0.39 is 16.1 Å². The molecule has 0 spiro atoms. The number of aryl methyl sites for hydroxylation is 2. The summed E-state index contributed by atoms with van der Waals surface area (Å²) in [6.07, 6.45) is 2.41. The molecular weight excluding hydrogens is 542 g/mol. The SMILES string of the molecule is CCC(C)NC(=O)C(C)N(Cc1ccc(Br)cc1)C(=O)CCCN(c1ccc(C)c(C)c1)S(C)(=O)=O. The molecule has 2 atom stereocenters. The van der Waals surface area contributed by atoms with E-state index in [1.807, 2.05) is 64.1 Å². The molecular formula is C27H38BrN3O4S. The Hall–Kier alpha value is -2.39. The third-order valence-corrected chi connectivity index (χ3v) is 8.09. The number of hydrogen-bond acceptors (Lipinski definition) is 4. The van der Waals surface area contributed by atoms with Crippen LogP contribution < -0.4 is 9.62 Å². The highest BCUT2D eigenvalue weighted by Gasteiger charge is 2.27. The van der Waals surface area contributed by atoms with Crippen LogP contribution in [0.2, 0.25) is 0 Å². The van der Waals surface area contributed by atoms with Gasteiger partial charge >= 0.3 is 0 Å². The van der Waals surface area contributed by atoms with Gasteiger partial charge in [0.1, 0.15) is 6.04 Å². The average Bonchev–Trinajstić information content (AvgIpc) is 2.81. The molecule has 2 unspecified atom stereocenters. The Morgan fingerprint density at radius 2 is 1.67 bits per heavy atom. The maximum Gasteiger partial charge on any atom is 0.242 e. The van der Waals surface area contributed by atoms with Gasteiger partial charge in [0.25, 0.3) is 0 Å². The number of hydrogen-bond donors (Lipinski definition) is 1. The highest BCUT2D eigenvalue weighted by molar-refractivity contribution is 9.10. The van der Waals surface area contributed by atoms with Gasteiger partial charge in [-0.1, -0.05) is 41.1 Å². The topological polar surface area (TPSA) is 86.8 Å². The van der Waals surface area contributed by atoms with Gasteiger partial charge in [-0.2, -0.15) is 0 Å². The van der Waals surface area contributed by atoms with Crippen molar-refractivity contribution in [3.05, 3.63) is 63.6 Å². The van der Waals surface area contributed by atoms with Gasteiger partial charge in [0.2, 0.25) is 21.8 Å². The zero-order chi connectivity index (χ0) is 27.0. The normalized spacial score (nSPS) is 13.1. The van der Waals surface area contributed by atoms with E-state index in [0.29, 0.717) is 12.1 Å². The Bertz CT molecular complexity index is 1150. The summed E-state index contributed by atoms with van der Waals surface area (Å²) in [7, 11) is -3.52. The number of benzene rings is 2. The molecule has 9 heteroatoms. The minimum Gasteiger partial charge on any atom is -0.352 e. The van der Waals surface area contributed by atoms with E-state index in [-0.39, 0.29) is 37.4 Å². The van der Waals surface area contributed by atoms with Crippen molar-refractivity contribution in [2.24, 2.45) is 0 Å². The summed E-state index contributed by atoms with van der Waals surface area (Å²) in [5, 5.41) is 2.96. The molecule has 2 amide bonds. The van der Waals surface area contributed by atoms with Crippen molar-refractivity contribution in [3.63, 3.8) is 0 Å². The molecule has 0 aliphatic heterocycles. The van der Waals surface area contributed by atoms with Crippen LogP contribution in [0.15, 0.2) is 46.9 Å². The summed E-state index contributed by atoms with van der Waals surface area (Å²) in [5.41, 5.74) is 3.57. The number of nitrogens with zero attached hydrogens (tertiary/aromatic N) is 2. The predicted octanol–water partition coefficient (Wildman–Crippen LogP) is 4.94. The minimum absolute atomic E-state index is 0.00543. The fourth-order valence-corrected chi connectivity index (χ4v) is 4.94. The molecule has 7 nitrogen and oxygen atoms in total. The predicted molar refractivity (Wildman–Crippen MR) is 149 cm³/mol. The number of amides is 2. The standard InChI is InChI=1S/C27H38BrN3O4S/c1-7-21(4)29-27(33)22(5)30(18-23-11-13-24(28)14-12-23)26(32)9-8-16-31(36(6,34)35)25-15-10-19(2)20(3)17-25/h10-15,17,21-22H,7-9,16,18H2,1-6H3,(H,29,33). The summed E-state index contributed by atoms with van der Waals surface area (Å²) >= 11 is 3.42. The molecule has 0 aliphatic rings. The van der Waals surface area contributed by atoms with Gasteiger partial charge in [-0.05, 0) is 81.5 Å². The molecule has 0 bridgehead atoms. The first-order chi connectivity index (χ1) is 16.8. The Labute approximate surface area is 224 Å². The maximum absolute atomic E-state index is 13.4. The lowest BCUT2D eigenvalue weighted by Gasteiger charge is -2.30. The Balaban J connectivity index is 2.18. The fraction of sp³-hybridized carbons (Fsp3) is 0.481. The number of sulfonamides is 1. The van der Waals surface area contributed by atoms with Crippen LogP contribution in [0.4, 0.5) is 5.69 Å². The highest BCUT2D eigenvalue weighted by Crippen LogP contribution is 2.22. The van der Waals surface area contributed by atoms with Crippen LogP contribution in [0.1, 0.15) is 56.7 Å². The van der Waals surface area contributed by atoms with Crippen molar-refractivity contribution in [1.82, 2.24) is 10.2 Å². The summed E-state index contributed by atoms with van der Waals surface area (Å²) in [5.74, 6) is -0.402. The molecule has 0 saturated heterocycles. The molecule has 0 aliphatic carbocycles. The van der Waals surface area contributed by atoms with E-state index in [2.05, 4.69) is 21.2 Å². The van der Waals surface area contributed by atoms with E-state index >= 15 is 0 Å². The van der Waals surface area contributed by atoms with Crippen LogP contribution in [-0.2, 0) is 26.2 Å². The maximum atomic E-state index is 13.4. The monoisotopic (exact) mass is 579 g/mol. The Morgan fingerprint density at radius 3 is 2.22 bits per heavy atom. The molecule has 36 heavy (non-hydrogen) atoms. The van der Waals surface area contributed by atoms with Crippen molar-refractivity contribution in [3.8, 4) is 0 Å². The third-order valence-electron chi connectivity index (χ3n) is 6.37. The first kappa shape index (κ1) is 29.8. The van der Waals surface area contributed by atoms with Gasteiger partial charge in [-0.3, -0.25) is 13.9 Å². The second kappa shape index (κ2) is 13.2. The second-order valence-corrected chi connectivity index (χ2v) is 12.2. The van der Waals surface area contributed by atoms with Crippen LogP contribution >= 0.6 is 15.9 Å². The van der Waals surface area contributed by atoms with Crippen LogP contribution in [-0.4, -0.2) is 50.0 Å². The molecule has 0 fully saturated rings. The van der Waals surface area contributed by atoms with Crippen molar-refractivity contribution >= 4 is 43.5 Å². The van der Waals surface area contributed by atoms with Gasteiger partial charge in [0.15, 0.2) is 0 Å². The quantitative estimate of drug-likeness (QED) is 0.385. The summed E-state index contributed by atoms with van der Waals surface area (Å²) < 4.78 is 27.3. The highest BCUT2D eigenvalue weighted by atomic mass is 79.9. The van der Waals surface area contributed by atoms with Crippen LogP contribution in [0.3, 0.4) is 0 Å². The van der Waals surface area contributed by atoms with Crippen molar-refractivity contribution in [2.75, 3.05) is 17.1 Å². The van der Waals surface area contributed by atoms with Gasteiger partial charge in [-0.25, -0.2) is 8.42 Å². The van der Waals surface area contributed by atoms with E-state index in [1.54, 1.807) is 17.9 Å². The lowest BCUT2D eigenvalue weighted by Crippen LogP contribution is -2.49. The number of carbonyl (C=O) groups is 2. The van der Waals surface area contributed by atoms with E-state index in [1.165, 1.54) is 10.6 Å². The zero-order valence-corrected chi connectivity index (χ0v) is 24.4. The molecule has 2 aromatic rings. The Morgan fingerprint density at radius 1 is 1.03 bits per heavy atom. The minimum atomic E-state index is -3.52.